The summed E-state index contributed by atoms with van der Waals surface area (Å²) >= 11 is 0. The number of ether oxygens (including phenoxy) is 2. The monoisotopic (exact) mass is 324 g/mol. The van der Waals surface area contributed by atoms with Gasteiger partial charge >= 0.3 is 6.09 Å². The molecule has 1 saturated heterocycles. The molecular weight excluding hydrogens is 303 g/mol. The Bertz CT molecular complexity index is 586. The molecule has 0 bridgehead atoms. The van der Waals surface area contributed by atoms with Crippen LogP contribution in [0.15, 0.2) is 23.4 Å². The average molecular weight is 324 g/mol. The van der Waals surface area contributed by atoms with Crippen molar-refractivity contribution in [3.63, 3.8) is 0 Å². The predicted molar refractivity (Wildman–Crippen MR) is 83.3 cm³/mol. The summed E-state index contributed by atoms with van der Waals surface area (Å²) in [6.45, 7) is 6.31. The lowest BCUT2D eigenvalue weighted by molar-refractivity contribution is 0.00780. The van der Waals surface area contributed by atoms with E-state index in [1.54, 1.807) is 25.7 Å². The van der Waals surface area contributed by atoms with E-state index in [1.807, 2.05) is 0 Å². The Morgan fingerprint density at radius 3 is 2.78 bits per heavy atom. The zero-order valence-electron chi connectivity index (χ0n) is 13.5. The van der Waals surface area contributed by atoms with E-state index in [2.05, 4.69) is 5.18 Å². The Balaban J connectivity index is 2.03. The summed E-state index contributed by atoms with van der Waals surface area (Å²) in [6, 6.07) is 3.55. The van der Waals surface area contributed by atoms with Crippen molar-refractivity contribution in [2.45, 2.75) is 45.3 Å². The van der Waals surface area contributed by atoms with Crippen LogP contribution in [0.3, 0.4) is 0 Å². The Morgan fingerprint density at radius 2 is 2.13 bits per heavy atom. The highest BCUT2D eigenvalue weighted by Gasteiger charge is 2.29. The molecule has 0 radical (unpaired) electrons. The number of rotatable bonds is 3. The first-order valence-corrected chi connectivity index (χ1v) is 7.56. The van der Waals surface area contributed by atoms with Gasteiger partial charge < -0.3 is 14.4 Å². The molecule has 0 N–H and O–H groups in total. The van der Waals surface area contributed by atoms with Crippen LogP contribution >= 0.6 is 0 Å². The van der Waals surface area contributed by atoms with Gasteiger partial charge in [0.1, 0.15) is 23.2 Å². The minimum absolute atomic E-state index is 0.0424. The maximum atomic E-state index is 13.3. The van der Waals surface area contributed by atoms with Crippen LogP contribution in [-0.4, -0.2) is 35.8 Å². The Hall–Kier alpha value is -2.18. The van der Waals surface area contributed by atoms with Gasteiger partial charge in [-0.05, 0) is 50.9 Å². The zero-order valence-corrected chi connectivity index (χ0v) is 13.5. The van der Waals surface area contributed by atoms with Crippen LogP contribution in [0.4, 0.5) is 14.9 Å². The van der Waals surface area contributed by atoms with E-state index in [0.717, 1.165) is 18.6 Å². The third kappa shape index (κ3) is 4.91. The number of hydrogen-bond donors (Lipinski definition) is 0. The highest BCUT2D eigenvalue weighted by atomic mass is 19.1. The molecule has 7 heteroatoms. The summed E-state index contributed by atoms with van der Waals surface area (Å²) in [6.07, 6.45) is 0.703. The molecule has 0 aliphatic carbocycles. The van der Waals surface area contributed by atoms with Crippen LogP contribution in [0.25, 0.3) is 0 Å². The van der Waals surface area contributed by atoms with E-state index in [4.69, 9.17) is 9.47 Å². The smallest absolute Gasteiger partial charge is 0.410 e. The fourth-order valence-corrected chi connectivity index (χ4v) is 2.36. The first-order chi connectivity index (χ1) is 10.8. The topological polar surface area (TPSA) is 68.2 Å². The molecule has 1 atom stereocenters. The quantitative estimate of drug-likeness (QED) is 0.788. The molecule has 1 fully saturated rings. The largest absolute Gasteiger partial charge is 0.486 e. The summed E-state index contributed by atoms with van der Waals surface area (Å²) in [5, 5.41) is 2.83. The van der Waals surface area contributed by atoms with Crippen molar-refractivity contribution in [1.82, 2.24) is 4.90 Å². The molecular formula is C16H21FN2O4. The third-order valence-corrected chi connectivity index (χ3v) is 3.34. The van der Waals surface area contributed by atoms with Crippen LogP contribution < -0.4 is 4.74 Å². The van der Waals surface area contributed by atoms with E-state index in [9.17, 15) is 14.1 Å². The summed E-state index contributed by atoms with van der Waals surface area (Å²) in [5.41, 5.74) is -0.525. The standard InChI is InChI=1S/C16H21FN2O4/c1-16(2,3)23-15(20)19-8-4-5-12(10-19)22-14-9-11(17)6-7-13(14)18-21/h6-7,9,12H,4-5,8,10H2,1-3H3/t12-/m0/s1. The van der Waals surface area contributed by atoms with E-state index in [-0.39, 0.29) is 17.5 Å². The first-order valence-electron chi connectivity index (χ1n) is 7.56. The van der Waals surface area contributed by atoms with Crippen LogP contribution in [-0.2, 0) is 4.74 Å². The van der Waals surface area contributed by atoms with E-state index >= 15 is 0 Å². The fourth-order valence-electron chi connectivity index (χ4n) is 2.36. The predicted octanol–water partition coefficient (Wildman–Crippen LogP) is 4.00. The number of amides is 1. The molecule has 1 amide bonds. The molecule has 6 nitrogen and oxygen atoms in total. The summed E-state index contributed by atoms with van der Waals surface area (Å²) in [5.74, 6) is -0.414. The Labute approximate surface area is 134 Å². The van der Waals surface area contributed by atoms with Gasteiger partial charge in [-0.15, -0.1) is 4.91 Å². The molecule has 1 heterocycles. The van der Waals surface area contributed by atoms with Crippen molar-refractivity contribution in [3.8, 4) is 5.75 Å². The normalized spacial score (nSPS) is 18.4. The minimum atomic E-state index is -0.567. The van der Waals surface area contributed by atoms with Gasteiger partial charge in [0.15, 0.2) is 5.75 Å². The van der Waals surface area contributed by atoms with E-state index in [0.29, 0.717) is 19.5 Å². The molecule has 126 valence electrons. The molecule has 23 heavy (non-hydrogen) atoms. The van der Waals surface area contributed by atoms with Gasteiger partial charge in [-0.3, -0.25) is 0 Å². The summed E-state index contributed by atoms with van der Waals surface area (Å²) < 4.78 is 24.3. The maximum Gasteiger partial charge on any atom is 0.410 e. The van der Waals surface area contributed by atoms with E-state index in [1.165, 1.54) is 6.07 Å². The minimum Gasteiger partial charge on any atom is -0.486 e. The third-order valence-electron chi connectivity index (χ3n) is 3.34. The number of nitroso groups, excluding NO2 is 1. The van der Waals surface area contributed by atoms with Gasteiger partial charge in [-0.1, -0.05) is 0 Å². The highest BCUT2D eigenvalue weighted by molar-refractivity contribution is 5.68. The van der Waals surface area contributed by atoms with Crippen LogP contribution in [0.2, 0.25) is 0 Å². The number of benzene rings is 1. The van der Waals surface area contributed by atoms with Crippen molar-refractivity contribution < 1.29 is 18.7 Å². The zero-order chi connectivity index (χ0) is 17.0. The number of hydrogen-bond acceptors (Lipinski definition) is 5. The fraction of sp³-hybridized carbons (Fsp3) is 0.562. The molecule has 0 spiro atoms. The van der Waals surface area contributed by atoms with Gasteiger partial charge in [0.2, 0.25) is 0 Å². The summed E-state index contributed by atoms with van der Waals surface area (Å²) in [7, 11) is 0. The molecule has 0 saturated carbocycles. The van der Waals surface area contributed by atoms with Crippen molar-refractivity contribution in [3.05, 3.63) is 28.9 Å². The number of carbonyl (C=O) groups excluding carboxylic acids is 1. The summed E-state index contributed by atoms with van der Waals surface area (Å²) in [4.78, 5) is 24.4. The second kappa shape index (κ2) is 6.93. The molecule has 0 aromatic heterocycles. The molecule has 0 unspecified atom stereocenters. The van der Waals surface area contributed by atoms with Gasteiger partial charge in [0, 0.05) is 12.6 Å². The van der Waals surface area contributed by atoms with E-state index < -0.39 is 17.5 Å². The molecule has 2 rings (SSSR count). The number of nitrogens with zero attached hydrogens (tertiary/aromatic N) is 2. The number of likely N-dealkylation sites (tertiary alicyclic amines) is 1. The van der Waals surface area contributed by atoms with Crippen molar-refractivity contribution in [1.29, 1.82) is 0 Å². The second-order valence-electron chi connectivity index (χ2n) is 6.51. The lowest BCUT2D eigenvalue weighted by Crippen LogP contribution is -2.46. The van der Waals surface area contributed by atoms with Gasteiger partial charge in [-0.25, -0.2) is 9.18 Å². The van der Waals surface area contributed by atoms with Crippen LogP contribution in [0.5, 0.6) is 5.75 Å². The lowest BCUT2D eigenvalue weighted by Gasteiger charge is -2.34. The SMILES string of the molecule is CC(C)(C)OC(=O)N1CCC[C@H](Oc2cc(F)ccc2N=O)C1. The molecule has 1 aromatic rings. The number of carbonyl (C=O) groups is 1. The molecule has 1 aliphatic heterocycles. The Kier molecular flexibility index (Phi) is 5.18. The molecule has 1 aromatic carbocycles. The van der Waals surface area contributed by atoms with Crippen LogP contribution in [0, 0.1) is 10.7 Å². The van der Waals surface area contributed by atoms with Gasteiger partial charge in [-0.2, -0.15) is 0 Å². The second-order valence-corrected chi connectivity index (χ2v) is 6.51. The highest BCUT2D eigenvalue weighted by Crippen LogP contribution is 2.30. The lowest BCUT2D eigenvalue weighted by atomic mass is 10.1. The van der Waals surface area contributed by atoms with Crippen molar-refractivity contribution >= 4 is 11.8 Å². The van der Waals surface area contributed by atoms with Gasteiger partial charge in [0.25, 0.3) is 0 Å². The van der Waals surface area contributed by atoms with Crippen LogP contribution in [0.1, 0.15) is 33.6 Å². The Morgan fingerprint density at radius 1 is 1.39 bits per heavy atom. The maximum absolute atomic E-state index is 13.3. The average Bonchev–Trinajstić information content (AvgIpc) is 2.46. The number of halogens is 1. The van der Waals surface area contributed by atoms with Gasteiger partial charge in [0.05, 0.1) is 6.54 Å². The molecule has 1 aliphatic rings. The first kappa shape index (κ1) is 17.2. The van der Waals surface area contributed by atoms with Crippen molar-refractivity contribution in [2.75, 3.05) is 13.1 Å². The number of piperidine rings is 1. The van der Waals surface area contributed by atoms with Crippen molar-refractivity contribution in [2.24, 2.45) is 5.18 Å².